The third-order valence-corrected chi connectivity index (χ3v) is 7.91. The van der Waals surface area contributed by atoms with Gasteiger partial charge in [-0.15, -0.1) is 10.2 Å². The van der Waals surface area contributed by atoms with E-state index in [1.165, 1.54) is 31.5 Å². The summed E-state index contributed by atoms with van der Waals surface area (Å²) >= 11 is 7.83. The minimum absolute atomic E-state index is 0.0883. The summed E-state index contributed by atoms with van der Waals surface area (Å²) in [5.41, 5.74) is 1.85. The number of aliphatic imine (C=N–C) groups is 1. The second kappa shape index (κ2) is 7.60. The minimum Gasteiger partial charge on any atom is -0.470 e. The van der Waals surface area contributed by atoms with Crippen LogP contribution in [0.5, 0.6) is 0 Å². The molecule has 0 bridgehead atoms. The molecule has 3 heterocycles. The van der Waals surface area contributed by atoms with E-state index in [-0.39, 0.29) is 12.1 Å². The number of fused-ring (bicyclic) bond motifs is 1. The van der Waals surface area contributed by atoms with Crippen molar-refractivity contribution in [2.45, 2.75) is 42.5 Å². The van der Waals surface area contributed by atoms with Gasteiger partial charge in [-0.25, -0.2) is 0 Å². The summed E-state index contributed by atoms with van der Waals surface area (Å²) in [6.45, 7) is 5.57. The largest absolute Gasteiger partial charge is 0.470 e. The molecule has 154 valence electrons. The molecule has 29 heavy (non-hydrogen) atoms. The van der Waals surface area contributed by atoms with Crippen molar-refractivity contribution in [2.24, 2.45) is 18.0 Å². The van der Waals surface area contributed by atoms with E-state index in [1.54, 1.807) is 11.8 Å². The molecule has 8 heteroatoms. The monoisotopic (exact) mass is 431 g/mol. The Kier molecular flexibility index (Phi) is 5.08. The highest BCUT2D eigenvalue weighted by Crippen LogP contribution is 2.59. The molecular weight excluding hydrogens is 406 g/mol. The molecule has 2 aliphatic heterocycles. The van der Waals surface area contributed by atoms with Crippen LogP contribution in [-0.2, 0) is 17.2 Å². The van der Waals surface area contributed by atoms with Crippen molar-refractivity contribution in [3.63, 3.8) is 0 Å². The molecule has 2 fully saturated rings. The van der Waals surface area contributed by atoms with Gasteiger partial charge in [-0.2, -0.15) is 0 Å². The first kappa shape index (κ1) is 19.4. The van der Waals surface area contributed by atoms with Crippen LogP contribution >= 0.6 is 23.4 Å². The molecule has 3 aliphatic rings. The van der Waals surface area contributed by atoms with Crippen molar-refractivity contribution in [1.82, 2.24) is 19.7 Å². The van der Waals surface area contributed by atoms with Crippen LogP contribution < -0.4 is 0 Å². The Labute approximate surface area is 180 Å². The number of likely N-dealkylation sites (tertiary alicyclic amines) is 1. The number of nitrogens with zero attached hydrogens (tertiary/aromatic N) is 5. The number of aromatic nitrogens is 3. The van der Waals surface area contributed by atoms with Gasteiger partial charge in [0.15, 0.2) is 23.5 Å². The zero-order valence-electron chi connectivity index (χ0n) is 16.8. The number of thioether (sulfide) groups is 1. The highest BCUT2D eigenvalue weighted by Gasteiger charge is 2.60. The first-order valence-corrected chi connectivity index (χ1v) is 11.6. The van der Waals surface area contributed by atoms with E-state index in [4.69, 9.17) is 16.3 Å². The van der Waals surface area contributed by atoms with Crippen molar-refractivity contribution in [1.29, 1.82) is 0 Å². The minimum atomic E-state index is -0.123. The molecule has 1 aliphatic carbocycles. The second-order valence-corrected chi connectivity index (χ2v) is 9.95. The molecule has 5 rings (SSSR count). The van der Waals surface area contributed by atoms with Crippen molar-refractivity contribution in [3.8, 4) is 0 Å². The summed E-state index contributed by atoms with van der Waals surface area (Å²) in [6.07, 6.45) is 3.87. The lowest BCUT2D eigenvalue weighted by atomic mass is 9.95. The van der Waals surface area contributed by atoms with Gasteiger partial charge in [0.2, 0.25) is 0 Å². The number of ether oxygens (including phenoxy) is 1. The molecule has 1 aromatic heterocycles. The molecule has 1 saturated carbocycles. The molecule has 2 aromatic rings. The molecule has 0 amide bonds. The maximum Gasteiger partial charge on any atom is 0.191 e. The van der Waals surface area contributed by atoms with Gasteiger partial charge in [0.1, 0.15) is 0 Å². The zero-order chi connectivity index (χ0) is 20.0. The normalized spacial score (nSPS) is 30.5. The van der Waals surface area contributed by atoms with Crippen molar-refractivity contribution >= 4 is 29.8 Å². The molecule has 4 atom stereocenters. The van der Waals surface area contributed by atoms with Gasteiger partial charge >= 0.3 is 0 Å². The Morgan fingerprint density at radius 2 is 2.10 bits per heavy atom. The molecule has 0 spiro atoms. The van der Waals surface area contributed by atoms with Crippen LogP contribution in [0.25, 0.3) is 0 Å². The quantitative estimate of drug-likeness (QED) is 0.494. The maximum atomic E-state index is 6.06. The number of benzene rings is 1. The van der Waals surface area contributed by atoms with Crippen LogP contribution in [-0.4, -0.2) is 57.5 Å². The smallest absolute Gasteiger partial charge is 0.191 e. The van der Waals surface area contributed by atoms with Crippen LogP contribution in [0.15, 0.2) is 34.4 Å². The number of hydrogen-bond donors (Lipinski definition) is 0. The van der Waals surface area contributed by atoms with Gasteiger partial charge in [-0.3, -0.25) is 4.99 Å². The number of halogens is 1. The lowest BCUT2D eigenvalue weighted by Crippen LogP contribution is -2.27. The van der Waals surface area contributed by atoms with Crippen molar-refractivity contribution < 1.29 is 4.74 Å². The van der Waals surface area contributed by atoms with E-state index < -0.39 is 0 Å². The summed E-state index contributed by atoms with van der Waals surface area (Å²) in [5.74, 6) is 2.70. The van der Waals surface area contributed by atoms with Crippen molar-refractivity contribution in [3.05, 3.63) is 40.7 Å². The Morgan fingerprint density at radius 3 is 2.86 bits per heavy atom. The molecular formula is C21H26ClN5OS. The van der Waals surface area contributed by atoms with Gasteiger partial charge in [-0.05, 0) is 49.9 Å². The van der Waals surface area contributed by atoms with Crippen LogP contribution in [0.2, 0.25) is 5.02 Å². The van der Waals surface area contributed by atoms with E-state index in [2.05, 4.69) is 32.2 Å². The van der Waals surface area contributed by atoms with E-state index >= 15 is 0 Å². The number of rotatable bonds is 7. The van der Waals surface area contributed by atoms with Gasteiger partial charge in [0.05, 0.1) is 6.04 Å². The zero-order valence-corrected chi connectivity index (χ0v) is 18.4. The van der Waals surface area contributed by atoms with Crippen LogP contribution in [0.4, 0.5) is 0 Å². The first-order valence-electron chi connectivity index (χ1n) is 10.2. The number of piperidine rings is 1. The van der Waals surface area contributed by atoms with E-state index in [0.717, 1.165) is 40.6 Å². The maximum absolute atomic E-state index is 6.06. The third-order valence-electron chi connectivity index (χ3n) is 6.55. The highest BCUT2D eigenvalue weighted by atomic mass is 35.5. The van der Waals surface area contributed by atoms with Gasteiger partial charge < -0.3 is 14.2 Å². The average Bonchev–Trinajstić information content (AvgIpc) is 3.02. The predicted octanol–water partition coefficient (Wildman–Crippen LogP) is 3.71. The van der Waals surface area contributed by atoms with Crippen LogP contribution in [0, 0.1) is 5.92 Å². The lowest BCUT2D eigenvalue weighted by molar-refractivity contribution is 0.194. The van der Waals surface area contributed by atoms with Crippen molar-refractivity contribution in [2.75, 3.05) is 25.4 Å². The fraction of sp³-hybridized carbons (Fsp3) is 0.571. The summed E-state index contributed by atoms with van der Waals surface area (Å²) in [5, 5.41) is 10.5. The fourth-order valence-corrected chi connectivity index (χ4v) is 5.77. The van der Waals surface area contributed by atoms with Crippen LogP contribution in [0.3, 0.4) is 0 Å². The van der Waals surface area contributed by atoms with E-state index in [0.29, 0.717) is 5.41 Å². The molecule has 0 N–H and O–H groups in total. The van der Waals surface area contributed by atoms with Gasteiger partial charge in [-0.1, -0.05) is 35.5 Å². The first-order chi connectivity index (χ1) is 14.1. The van der Waals surface area contributed by atoms with Gasteiger partial charge in [0, 0.05) is 36.3 Å². The molecule has 4 unspecified atom stereocenters. The van der Waals surface area contributed by atoms with E-state index in [1.807, 2.05) is 30.7 Å². The third kappa shape index (κ3) is 3.57. The summed E-state index contributed by atoms with van der Waals surface area (Å²) < 4.78 is 7.61. The predicted molar refractivity (Wildman–Crippen MR) is 116 cm³/mol. The standard InChI is InChI=1S/C21H26ClN5OS/c1-14-18(28-13-23-14)19-24-25-20(26(19)2)29-9-3-8-27-11-16-10-21(16,12-27)15-4-6-17(22)7-5-15/h4-7,13-14,16,18H,3,8-12H2,1-2H3. The lowest BCUT2D eigenvalue weighted by Gasteiger charge is -2.21. The topological polar surface area (TPSA) is 55.5 Å². The Balaban J connectivity index is 1.10. The Morgan fingerprint density at radius 1 is 1.28 bits per heavy atom. The van der Waals surface area contributed by atoms with E-state index in [9.17, 15) is 0 Å². The molecule has 6 nitrogen and oxygen atoms in total. The second-order valence-electron chi connectivity index (χ2n) is 8.45. The summed E-state index contributed by atoms with van der Waals surface area (Å²) in [4.78, 5) is 6.88. The highest BCUT2D eigenvalue weighted by molar-refractivity contribution is 7.99. The SMILES string of the molecule is CC1N=COC1c1nnc(SCCCN2CC3CC3(c3ccc(Cl)cc3)C2)n1C. The van der Waals surface area contributed by atoms with Crippen LogP contribution in [0.1, 0.15) is 37.3 Å². The molecule has 1 saturated heterocycles. The molecule has 0 radical (unpaired) electrons. The molecule has 1 aromatic carbocycles. The summed E-state index contributed by atoms with van der Waals surface area (Å²) in [7, 11) is 2.01. The Hall–Kier alpha value is -1.57. The fourth-order valence-electron chi connectivity index (χ4n) is 4.80. The number of hydrogen-bond acceptors (Lipinski definition) is 6. The Bertz CT molecular complexity index is 916. The van der Waals surface area contributed by atoms with Gasteiger partial charge in [0.25, 0.3) is 0 Å². The average molecular weight is 432 g/mol. The summed E-state index contributed by atoms with van der Waals surface area (Å²) in [6, 6.07) is 8.57.